The predicted octanol–water partition coefficient (Wildman–Crippen LogP) is 4.67. The van der Waals surface area contributed by atoms with Crippen LogP contribution in [0.15, 0.2) is 101 Å². The second kappa shape index (κ2) is 13.0. The van der Waals surface area contributed by atoms with Crippen molar-refractivity contribution in [2.24, 2.45) is 0 Å². The van der Waals surface area contributed by atoms with Crippen LogP contribution in [0.4, 0.5) is 14.5 Å². The van der Waals surface area contributed by atoms with Crippen LogP contribution in [-0.2, 0) is 22.9 Å². The normalized spacial score (nSPS) is 12.3. The fraction of sp³-hybridized carbons (Fsp3) is 0.167. The molecule has 0 fully saturated rings. The summed E-state index contributed by atoms with van der Waals surface area (Å²) in [5.41, 5.74) is 3.03. The number of benzene rings is 3. The van der Waals surface area contributed by atoms with E-state index in [-0.39, 0.29) is 23.0 Å². The largest absolute Gasteiger partial charge is 0.387 e. The lowest BCUT2D eigenvalue weighted by atomic mass is 10.1. The van der Waals surface area contributed by atoms with E-state index in [1.54, 1.807) is 42.7 Å². The second-order valence-corrected chi connectivity index (χ2v) is 11.2. The summed E-state index contributed by atoms with van der Waals surface area (Å²) in [6.07, 6.45) is 3.39. The van der Waals surface area contributed by atoms with Gasteiger partial charge in [-0.25, -0.2) is 17.2 Å². The molecule has 3 aromatic carbocycles. The van der Waals surface area contributed by atoms with E-state index in [1.165, 1.54) is 24.3 Å². The standard InChI is InChI=1S/C30H27F2N5O4S/c31-24-14-21(15-25(32)17-24)16-29-35-30(36-41-29)22-5-9-27(10-6-22)42(39,40)37-26-7-3-20(4-8-26)11-13-34-19-28(38)23-2-1-12-33-18-23/h1-10,12,14-15,17-18,28,34,37-38H,11,13,16,19H2. The summed E-state index contributed by atoms with van der Waals surface area (Å²) in [7, 11) is -3.86. The van der Waals surface area contributed by atoms with Gasteiger partial charge in [0.15, 0.2) is 0 Å². The van der Waals surface area contributed by atoms with Crippen molar-refractivity contribution in [1.29, 1.82) is 0 Å². The van der Waals surface area contributed by atoms with Crippen LogP contribution in [0.5, 0.6) is 0 Å². The lowest BCUT2D eigenvalue weighted by molar-refractivity contribution is 0.174. The molecular formula is C30H27F2N5O4S. The molecule has 42 heavy (non-hydrogen) atoms. The Kier molecular flexibility index (Phi) is 8.96. The molecule has 0 aliphatic rings. The predicted molar refractivity (Wildman–Crippen MR) is 152 cm³/mol. The summed E-state index contributed by atoms with van der Waals surface area (Å²) in [5, 5.41) is 17.3. The molecule has 0 aliphatic heterocycles. The minimum atomic E-state index is -3.86. The molecule has 0 aliphatic carbocycles. The Labute approximate surface area is 241 Å². The highest BCUT2D eigenvalue weighted by Gasteiger charge is 2.16. The van der Waals surface area contributed by atoms with Gasteiger partial charge in [0.25, 0.3) is 10.0 Å². The number of anilines is 1. The van der Waals surface area contributed by atoms with Crippen molar-refractivity contribution in [1.82, 2.24) is 20.4 Å². The molecule has 9 nitrogen and oxygen atoms in total. The molecule has 1 atom stereocenters. The van der Waals surface area contributed by atoms with Crippen LogP contribution < -0.4 is 10.0 Å². The van der Waals surface area contributed by atoms with Crippen molar-refractivity contribution in [3.05, 3.63) is 125 Å². The zero-order chi connectivity index (χ0) is 29.5. The molecule has 0 bridgehead atoms. The van der Waals surface area contributed by atoms with E-state index in [1.807, 2.05) is 18.2 Å². The van der Waals surface area contributed by atoms with Gasteiger partial charge in [0.2, 0.25) is 11.7 Å². The maximum absolute atomic E-state index is 13.4. The van der Waals surface area contributed by atoms with Crippen LogP contribution in [0.3, 0.4) is 0 Å². The first-order chi connectivity index (χ1) is 20.2. The number of aliphatic hydroxyl groups excluding tert-OH is 1. The van der Waals surface area contributed by atoms with Crippen LogP contribution in [0.2, 0.25) is 0 Å². The summed E-state index contributed by atoms with van der Waals surface area (Å²) in [6, 6.07) is 19.8. The molecule has 2 heterocycles. The Morgan fingerprint density at radius 2 is 1.67 bits per heavy atom. The van der Waals surface area contributed by atoms with Gasteiger partial charge in [0, 0.05) is 41.8 Å². The molecule has 1 unspecified atom stereocenters. The van der Waals surface area contributed by atoms with Crippen molar-refractivity contribution in [2.45, 2.75) is 23.8 Å². The Morgan fingerprint density at radius 3 is 2.36 bits per heavy atom. The van der Waals surface area contributed by atoms with Gasteiger partial charge in [0.1, 0.15) is 11.6 Å². The zero-order valence-electron chi connectivity index (χ0n) is 22.2. The lowest BCUT2D eigenvalue weighted by Gasteiger charge is -2.12. The zero-order valence-corrected chi connectivity index (χ0v) is 23.1. The maximum Gasteiger partial charge on any atom is 0.261 e. The first kappa shape index (κ1) is 29.0. The fourth-order valence-corrected chi connectivity index (χ4v) is 5.29. The van der Waals surface area contributed by atoms with E-state index in [2.05, 4.69) is 25.2 Å². The van der Waals surface area contributed by atoms with Crippen LogP contribution in [-0.4, -0.2) is 41.7 Å². The molecule has 12 heteroatoms. The molecule has 2 aromatic heterocycles. The quantitative estimate of drug-likeness (QED) is 0.179. The average molecular weight is 592 g/mol. The van der Waals surface area contributed by atoms with Gasteiger partial charge in [-0.1, -0.05) is 23.4 Å². The van der Waals surface area contributed by atoms with Crippen LogP contribution >= 0.6 is 0 Å². The highest BCUT2D eigenvalue weighted by molar-refractivity contribution is 7.92. The third kappa shape index (κ3) is 7.60. The molecule has 216 valence electrons. The van der Waals surface area contributed by atoms with Gasteiger partial charge in [-0.15, -0.1) is 0 Å². The number of sulfonamides is 1. The van der Waals surface area contributed by atoms with Crippen molar-refractivity contribution < 1.29 is 26.8 Å². The first-order valence-corrected chi connectivity index (χ1v) is 14.5. The Balaban J connectivity index is 1.13. The number of hydrogen-bond acceptors (Lipinski definition) is 8. The van der Waals surface area contributed by atoms with E-state index in [0.29, 0.717) is 36.3 Å². The molecular weight excluding hydrogens is 564 g/mol. The van der Waals surface area contributed by atoms with Crippen LogP contribution in [0.1, 0.15) is 28.7 Å². The van der Waals surface area contributed by atoms with E-state index in [9.17, 15) is 22.3 Å². The molecule has 0 amide bonds. The summed E-state index contributed by atoms with van der Waals surface area (Å²) in [4.78, 5) is 8.30. The highest BCUT2D eigenvalue weighted by atomic mass is 32.2. The summed E-state index contributed by atoms with van der Waals surface area (Å²) < 4.78 is 60.5. The number of aliphatic hydroxyl groups is 1. The number of aromatic nitrogens is 3. The average Bonchev–Trinajstić information content (AvgIpc) is 3.44. The number of halogens is 2. The second-order valence-electron chi connectivity index (χ2n) is 9.55. The lowest BCUT2D eigenvalue weighted by Crippen LogP contribution is -2.23. The fourth-order valence-electron chi connectivity index (χ4n) is 4.23. The Hall–Kier alpha value is -4.52. The summed E-state index contributed by atoms with van der Waals surface area (Å²) in [5.74, 6) is -1.02. The molecule has 0 saturated carbocycles. The SMILES string of the molecule is O=S(=O)(Nc1ccc(CCNCC(O)c2cccnc2)cc1)c1ccc(-c2noc(Cc3cc(F)cc(F)c3)n2)cc1. The number of nitrogens with zero attached hydrogens (tertiary/aromatic N) is 3. The van der Waals surface area contributed by atoms with Crippen LogP contribution in [0.25, 0.3) is 11.4 Å². The number of hydrogen-bond donors (Lipinski definition) is 3. The van der Waals surface area contributed by atoms with Crippen molar-refractivity contribution >= 4 is 15.7 Å². The van der Waals surface area contributed by atoms with Crippen molar-refractivity contribution in [3.8, 4) is 11.4 Å². The first-order valence-electron chi connectivity index (χ1n) is 13.0. The molecule has 0 spiro atoms. The van der Waals surface area contributed by atoms with Gasteiger partial charge in [-0.2, -0.15) is 4.98 Å². The van der Waals surface area contributed by atoms with E-state index in [0.717, 1.165) is 17.2 Å². The van der Waals surface area contributed by atoms with Crippen LogP contribution in [0, 0.1) is 11.6 Å². The van der Waals surface area contributed by atoms with Gasteiger partial charge in [-0.05, 0) is 78.7 Å². The molecule has 5 aromatic rings. The minimum absolute atomic E-state index is 0.0443. The van der Waals surface area contributed by atoms with E-state index < -0.39 is 27.8 Å². The summed E-state index contributed by atoms with van der Waals surface area (Å²) >= 11 is 0. The number of nitrogens with one attached hydrogen (secondary N) is 2. The topological polar surface area (TPSA) is 130 Å². The Bertz CT molecular complexity index is 1710. The molecule has 3 N–H and O–H groups in total. The van der Waals surface area contributed by atoms with Gasteiger partial charge in [-0.3, -0.25) is 9.71 Å². The van der Waals surface area contributed by atoms with E-state index in [4.69, 9.17) is 4.52 Å². The highest BCUT2D eigenvalue weighted by Crippen LogP contribution is 2.22. The third-order valence-electron chi connectivity index (χ3n) is 6.37. The van der Waals surface area contributed by atoms with Crippen molar-refractivity contribution in [3.63, 3.8) is 0 Å². The molecule has 0 radical (unpaired) electrons. The minimum Gasteiger partial charge on any atom is -0.387 e. The van der Waals surface area contributed by atoms with Crippen molar-refractivity contribution in [2.75, 3.05) is 17.8 Å². The number of rotatable bonds is 12. The summed E-state index contributed by atoms with van der Waals surface area (Å²) in [6.45, 7) is 1.03. The molecule has 0 saturated heterocycles. The van der Waals surface area contributed by atoms with E-state index >= 15 is 0 Å². The molecule has 5 rings (SSSR count). The third-order valence-corrected chi connectivity index (χ3v) is 7.77. The maximum atomic E-state index is 13.4. The monoisotopic (exact) mass is 591 g/mol. The number of pyridine rings is 1. The van der Waals surface area contributed by atoms with Gasteiger partial charge < -0.3 is 14.9 Å². The van der Waals surface area contributed by atoms with Gasteiger partial charge in [0.05, 0.1) is 17.4 Å². The smallest absolute Gasteiger partial charge is 0.261 e. The van der Waals surface area contributed by atoms with Gasteiger partial charge >= 0.3 is 0 Å². The Morgan fingerprint density at radius 1 is 0.929 bits per heavy atom.